The molecule has 0 aromatic carbocycles. The molecule has 4 atom stereocenters. The van der Waals surface area contributed by atoms with Crippen LogP contribution in [0.2, 0.25) is 0 Å². The molecule has 3 aliphatic rings. The molecule has 3 rings (SSSR count). The Morgan fingerprint density at radius 3 is 2.24 bits per heavy atom. The van der Waals surface area contributed by atoms with Gasteiger partial charge >= 0.3 is 0 Å². The van der Waals surface area contributed by atoms with E-state index in [9.17, 15) is 0 Å². The second-order valence-corrected chi connectivity index (χ2v) is 8.48. The van der Waals surface area contributed by atoms with E-state index in [1.807, 2.05) is 0 Å². The summed E-state index contributed by atoms with van der Waals surface area (Å²) in [6, 6.07) is 0. The molecular weight excluding hydrogens is 204 g/mol. The van der Waals surface area contributed by atoms with Crippen molar-refractivity contribution in [2.45, 2.75) is 60.3 Å². The van der Waals surface area contributed by atoms with Gasteiger partial charge in [-0.05, 0) is 67.1 Å². The predicted octanol–water partition coefficient (Wildman–Crippen LogP) is 5.05. The lowest BCUT2D eigenvalue weighted by atomic mass is 9.63. The van der Waals surface area contributed by atoms with Crippen LogP contribution < -0.4 is 0 Å². The first-order valence-electron chi connectivity index (χ1n) is 7.47. The van der Waals surface area contributed by atoms with Crippen molar-refractivity contribution in [1.82, 2.24) is 0 Å². The van der Waals surface area contributed by atoms with E-state index >= 15 is 0 Å². The zero-order valence-corrected chi connectivity index (χ0v) is 12.2. The maximum Gasteiger partial charge on any atom is -0.0196 e. The van der Waals surface area contributed by atoms with Crippen LogP contribution >= 0.6 is 0 Å². The molecule has 96 valence electrons. The van der Waals surface area contributed by atoms with Crippen LogP contribution in [0.1, 0.15) is 60.3 Å². The SMILES string of the molecule is CC1=CC2CC3C(CC2C1)C(C)(C)CC3(C)C. The lowest BCUT2D eigenvalue weighted by Crippen LogP contribution is -2.35. The molecule has 0 heteroatoms. The highest BCUT2D eigenvalue weighted by Gasteiger charge is 2.55. The number of hydrogen-bond donors (Lipinski definition) is 0. The van der Waals surface area contributed by atoms with Crippen LogP contribution in [0.3, 0.4) is 0 Å². The summed E-state index contributed by atoms with van der Waals surface area (Å²) in [6.45, 7) is 12.4. The van der Waals surface area contributed by atoms with E-state index in [0.29, 0.717) is 10.8 Å². The second kappa shape index (κ2) is 3.39. The lowest BCUT2D eigenvalue weighted by molar-refractivity contribution is 0.0777. The Morgan fingerprint density at radius 2 is 1.59 bits per heavy atom. The third kappa shape index (κ3) is 1.71. The zero-order valence-electron chi connectivity index (χ0n) is 12.2. The van der Waals surface area contributed by atoms with Gasteiger partial charge in [-0.2, -0.15) is 0 Å². The van der Waals surface area contributed by atoms with Crippen molar-refractivity contribution in [2.75, 3.05) is 0 Å². The van der Waals surface area contributed by atoms with Gasteiger partial charge in [0.2, 0.25) is 0 Å². The molecule has 0 aromatic heterocycles. The maximum atomic E-state index is 2.60. The van der Waals surface area contributed by atoms with Gasteiger partial charge in [-0.1, -0.05) is 39.3 Å². The van der Waals surface area contributed by atoms with Crippen molar-refractivity contribution >= 4 is 0 Å². The van der Waals surface area contributed by atoms with E-state index < -0.39 is 0 Å². The molecule has 0 aliphatic heterocycles. The van der Waals surface area contributed by atoms with Crippen molar-refractivity contribution in [1.29, 1.82) is 0 Å². The number of allylic oxidation sites excluding steroid dienone is 2. The number of fused-ring (bicyclic) bond motifs is 2. The molecular formula is C17H28. The van der Waals surface area contributed by atoms with Gasteiger partial charge in [0, 0.05) is 0 Å². The van der Waals surface area contributed by atoms with Gasteiger partial charge in [0.05, 0.1) is 0 Å². The first-order chi connectivity index (χ1) is 7.79. The molecule has 0 amide bonds. The topological polar surface area (TPSA) is 0 Å². The van der Waals surface area contributed by atoms with Gasteiger partial charge in [-0.25, -0.2) is 0 Å². The van der Waals surface area contributed by atoms with E-state index in [2.05, 4.69) is 40.7 Å². The molecule has 0 nitrogen and oxygen atoms in total. The predicted molar refractivity (Wildman–Crippen MR) is 73.7 cm³/mol. The van der Waals surface area contributed by atoms with Crippen LogP contribution in [0.5, 0.6) is 0 Å². The van der Waals surface area contributed by atoms with E-state index in [1.54, 1.807) is 5.57 Å². The second-order valence-electron chi connectivity index (χ2n) is 8.48. The van der Waals surface area contributed by atoms with Crippen molar-refractivity contribution in [3.63, 3.8) is 0 Å². The highest BCUT2D eigenvalue weighted by molar-refractivity contribution is 5.16. The van der Waals surface area contributed by atoms with Crippen molar-refractivity contribution < 1.29 is 0 Å². The molecule has 2 saturated carbocycles. The smallest absolute Gasteiger partial charge is 0.0196 e. The maximum absolute atomic E-state index is 2.60. The van der Waals surface area contributed by atoms with Crippen LogP contribution in [0, 0.1) is 34.5 Å². The van der Waals surface area contributed by atoms with Gasteiger partial charge < -0.3 is 0 Å². The standard InChI is InChI=1S/C17H28/c1-11-6-12-8-14-15(9-13(12)7-11)17(4,5)10-16(14,2)3/h6,12-15H,7-10H2,1-5H3. The Labute approximate surface area is 107 Å². The summed E-state index contributed by atoms with van der Waals surface area (Å²) >= 11 is 0. The van der Waals surface area contributed by atoms with Crippen LogP contribution in [-0.4, -0.2) is 0 Å². The molecule has 0 aromatic rings. The molecule has 0 bridgehead atoms. The highest BCUT2D eigenvalue weighted by Crippen LogP contribution is 2.64. The van der Waals surface area contributed by atoms with Gasteiger partial charge in [0.15, 0.2) is 0 Å². The summed E-state index contributed by atoms with van der Waals surface area (Å²) in [5.41, 5.74) is 2.81. The fourth-order valence-electron chi connectivity index (χ4n) is 5.76. The van der Waals surface area contributed by atoms with Crippen LogP contribution in [0.15, 0.2) is 11.6 Å². The molecule has 0 saturated heterocycles. The van der Waals surface area contributed by atoms with Crippen LogP contribution in [0.4, 0.5) is 0 Å². The largest absolute Gasteiger partial charge is 0.0822 e. The third-order valence-corrected chi connectivity index (χ3v) is 6.18. The molecule has 0 N–H and O–H groups in total. The minimum atomic E-state index is 0.573. The normalized spacial score (nSPS) is 46.3. The van der Waals surface area contributed by atoms with Gasteiger partial charge in [0.25, 0.3) is 0 Å². The van der Waals surface area contributed by atoms with E-state index in [1.165, 1.54) is 25.7 Å². The van der Waals surface area contributed by atoms with E-state index in [0.717, 1.165) is 23.7 Å². The average Bonchev–Trinajstić information content (AvgIpc) is 2.59. The Balaban J connectivity index is 1.89. The summed E-state index contributed by atoms with van der Waals surface area (Å²) in [4.78, 5) is 0. The molecule has 0 spiro atoms. The lowest BCUT2D eigenvalue weighted by Gasteiger charge is -2.42. The molecule has 3 aliphatic carbocycles. The fraction of sp³-hybridized carbons (Fsp3) is 0.882. The Kier molecular flexibility index (Phi) is 2.36. The van der Waals surface area contributed by atoms with E-state index in [4.69, 9.17) is 0 Å². The summed E-state index contributed by atoms with van der Waals surface area (Å²) < 4.78 is 0. The number of hydrogen-bond acceptors (Lipinski definition) is 0. The molecule has 0 heterocycles. The zero-order chi connectivity index (χ0) is 12.4. The third-order valence-electron chi connectivity index (χ3n) is 6.18. The fourth-order valence-corrected chi connectivity index (χ4v) is 5.76. The Bertz CT molecular complexity index is 358. The minimum absolute atomic E-state index is 0.573. The van der Waals surface area contributed by atoms with Crippen molar-refractivity contribution in [3.05, 3.63) is 11.6 Å². The highest BCUT2D eigenvalue weighted by atomic mass is 14.6. The summed E-state index contributed by atoms with van der Waals surface area (Å²) in [5, 5.41) is 0. The van der Waals surface area contributed by atoms with Crippen LogP contribution in [0.25, 0.3) is 0 Å². The van der Waals surface area contributed by atoms with Gasteiger partial charge in [-0.15, -0.1) is 0 Å². The minimum Gasteiger partial charge on any atom is -0.0822 e. The average molecular weight is 232 g/mol. The Morgan fingerprint density at radius 1 is 1.00 bits per heavy atom. The van der Waals surface area contributed by atoms with Crippen LogP contribution in [-0.2, 0) is 0 Å². The summed E-state index contributed by atoms with van der Waals surface area (Å²) in [5.74, 6) is 3.87. The monoisotopic (exact) mass is 232 g/mol. The Hall–Kier alpha value is -0.260. The van der Waals surface area contributed by atoms with Crippen molar-refractivity contribution in [3.8, 4) is 0 Å². The summed E-state index contributed by atoms with van der Waals surface area (Å²) in [6.07, 6.45) is 8.40. The molecule has 4 unspecified atom stereocenters. The quantitative estimate of drug-likeness (QED) is 0.513. The van der Waals surface area contributed by atoms with Crippen molar-refractivity contribution in [2.24, 2.45) is 34.5 Å². The molecule has 0 radical (unpaired) electrons. The van der Waals surface area contributed by atoms with Gasteiger partial charge in [0.1, 0.15) is 0 Å². The number of rotatable bonds is 0. The van der Waals surface area contributed by atoms with Gasteiger partial charge in [-0.3, -0.25) is 0 Å². The van der Waals surface area contributed by atoms with E-state index in [-0.39, 0.29) is 0 Å². The first-order valence-corrected chi connectivity index (χ1v) is 7.47. The molecule has 2 fully saturated rings. The molecule has 17 heavy (non-hydrogen) atoms. The summed E-state index contributed by atoms with van der Waals surface area (Å²) in [7, 11) is 0. The first kappa shape index (κ1) is 11.8.